The number of rotatable bonds is 5. The zero-order valence-corrected chi connectivity index (χ0v) is 22.8. The van der Waals surface area contributed by atoms with Crippen molar-refractivity contribution in [3.05, 3.63) is 83.4 Å². The van der Waals surface area contributed by atoms with Gasteiger partial charge in [-0.2, -0.15) is 0 Å². The van der Waals surface area contributed by atoms with Crippen molar-refractivity contribution in [2.75, 3.05) is 19.1 Å². The zero-order chi connectivity index (χ0) is 27.3. The second-order valence-electron chi connectivity index (χ2n) is 11.8. The number of nitrogens with zero attached hydrogens (tertiary/aromatic N) is 1. The number of aliphatic hydroxyl groups is 1. The van der Waals surface area contributed by atoms with E-state index in [1.807, 2.05) is 18.0 Å². The van der Waals surface area contributed by atoms with E-state index in [2.05, 4.69) is 25.1 Å². The number of hydrogen-bond acceptors (Lipinski definition) is 6. The Morgan fingerprint density at radius 1 is 1.03 bits per heavy atom. The maximum atomic E-state index is 12.4. The lowest BCUT2D eigenvalue weighted by Gasteiger charge is -2.50. The lowest BCUT2D eigenvalue weighted by molar-refractivity contribution is -0.0258. The number of phenols is 1. The number of methoxy groups -OCH3 is 1. The van der Waals surface area contributed by atoms with Gasteiger partial charge in [0.1, 0.15) is 17.2 Å². The van der Waals surface area contributed by atoms with Crippen LogP contribution in [-0.2, 0) is 6.42 Å². The molecule has 0 unspecified atom stereocenters. The van der Waals surface area contributed by atoms with E-state index in [9.17, 15) is 15.0 Å². The highest BCUT2D eigenvalue weighted by molar-refractivity contribution is 5.91. The molecular formula is C33H37NO5. The molecule has 2 N–H and O–H groups in total. The van der Waals surface area contributed by atoms with Gasteiger partial charge in [0.15, 0.2) is 0 Å². The summed E-state index contributed by atoms with van der Waals surface area (Å²) in [5.74, 6) is 2.22. The van der Waals surface area contributed by atoms with Crippen molar-refractivity contribution in [2.24, 2.45) is 17.3 Å². The van der Waals surface area contributed by atoms with Crippen LogP contribution in [-0.4, -0.2) is 42.5 Å². The number of aromatic hydroxyl groups is 1. The first kappa shape index (κ1) is 25.8. The lowest BCUT2D eigenvalue weighted by Crippen LogP contribution is -2.47. The number of phenolic OH excluding ortho intramolecular Hbond substituents is 1. The van der Waals surface area contributed by atoms with Crippen LogP contribution in [0.15, 0.2) is 66.7 Å². The second kappa shape index (κ2) is 9.91. The molecule has 6 nitrogen and oxygen atoms in total. The molecule has 0 spiro atoms. The molecule has 6 rings (SSSR count). The summed E-state index contributed by atoms with van der Waals surface area (Å²) in [6, 6.07) is 20.2. The minimum atomic E-state index is -0.499. The fourth-order valence-corrected chi connectivity index (χ4v) is 7.83. The standard InChI is InChI=1S/C33H37NO5/c1-33-16-15-25-24-13-10-22(38-3)17-21(24)9-12-26(25)27(33)19-29(31(33)36)34(2)28-14-11-23(18-30(28)35)39-32(37)20-7-5-4-6-8-20/h4-8,10-11,13-14,17-18,25-27,29,31,35-36H,9,12,15-16,19H2,1-3H3/t25-,26-,27+,29-,31+,33+/m1/s1. The number of likely N-dealkylation sites (N-methyl/N-ethyl adjacent to an activating group) is 1. The van der Waals surface area contributed by atoms with E-state index in [-0.39, 0.29) is 23.0 Å². The number of esters is 1. The molecule has 3 aliphatic carbocycles. The quantitative estimate of drug-likeness (QED) is 0.315. The van der Waals surface area contributed by atoms with Gasteiger partial charge in [-0.15, -0.1) is 0 Å². The average Bonchev–Trinajstić information content (AvgIpc) is 3.23. The highest BCUT2D eigenvalue weighted by Crippen LogP contribution is 2.62. The first-order valence-electron chi connectivity index (χ1n) is 14.0. The number of anilines is 1. The largest absolute Gasteiger partial charge is 0.506 e. The van der Waals surface area contributed by atoms with Crippen LogP contribution in [0.3, 0.4) is 0 Å². The van der Waals surface area contributed by atoms with Gasteiger partial charge in [-0.05, 0) is 103 Å². The van der Waals surface area contributed by atoms with Gasteiger partial charge >= 0.3 is 5.97 Å². The van der Waals surface area contributed by atoms with E-state index in [1.165, 1.54) is 17.2 Å². The molecule has 0 heterocycles. The molecule has 0 aliphatic heterocycles. The summed E-state index contributed by atoms with van der Waals surface area (Å²) in [5.41, 5.74) is 3.78. The number of aryl methyl sites for hydroxylation is 1. The molecule has 3 aliphatic rings. The summed E-state index contributed by atoms with van der Waals surface area (Å²) in [6.07, 6.45) is 4.61. The highest BCUT2D eigenvalue weighted by atomic mass is 16.5. The third-order valence-corrected chi connectivity index (χ3v) is 9.95. The van der Waals surface area contributed by atoms with Crippen molar-refractivity contribution in [1.82, 2.24) is 0 Å². The van der Waals surface area contributed by atoms with Crippen molar-refractivity contribution >= 4 is 11.7 Å². The van der Waals surface area contributed by atoms with Gasteiger partial charge in [0.25, 0.3) is 0 Å². The third kappa shape index (κ3) is 4.35. The SMILES string of the molecule is COc1ccc2c(c1)CC[C@@H]1[C@@H]2CC[C@]2(C)[C@@H](O)[C@H](N(C)c3ccc(OC(=O)c4ccccc4)cc3O)C[C@@H]12. The predicted octanol–water partition coefficient (Wildman–Crippen LogP) is 5.95. The van der Waals surface area contributed by atoms with Crippen molar-refractivity contribution in [1.29, 1.82) is 0 Å². The maximum Gasteiger partial charge on any atom is 0.343 e. The van der Waals surface area contributed by atoms with Crippen LogP contribution in [0.5, 0.6) is 17.2 Å². The topological polar surface area (TPSA) is 79.2 Å². The Labute approximate surface area is 230 Å². The molecule has 2 saturated carbocycles. The first-order chi connectivity index (χ1) is 18.8. The summed E-state index contributed by atoms with van der Waals surface area (Å²) in [4.78, 5) is 14.5. The Kier molecular flexibility index (Phi) is 6.54. The fourth-order valence-electron chi connectivity index (χ4n) is 7.83. The summed E-state index contributed by atoms with van der Waals surface area (Å²) in [5, 5.41) is 22.6. The third-order valence-electron chi connectivity index (χ3n) is 9.95. The van der Waals surface area contributed by atoms with Crippen LogP contribution < -0.4 is 14.4 Å². The van der Waals surface area contributed by atoms with Gasteiger partial charge in [-0.1, -0.05) is 31.2 Å². The Balaban J connectivity index is 1.21. The normalized spacial score (nSPS) is 29.1. The number of ether oxygens (including phenoxy) is 2. The van der Waals surface area contributed by atoms with Crippen LogP contribution >= 0.6 is 0 Å². The van der Waals surface area contributed by atoms with Gasteiger partial charge in [0.2, 0.25) is 0 Å². The maximum absolute atomic E-state index is 12.4. The van der Waals surface area contributed by atoms with E-state index in [0.29, 0.717) is 29.0 Å². The van der Waals surface area contributed by atoms with Gasteiger partial charge < -0.3 is 24.6 Å². The second-order valence-corrected chi connectivity index (χ2v) is 11.8. The van der Waals surface area contributed by atoms with Crippen molar-refractivity contribution < 1.29 is 24.5 Å². The van der Waals surface area contributed by atoms with E-state index in [0.717, 1.165) is 37.9 Å². The summed E-state index contributed by atoms with van der Waals surface area (Å²) in [6.45, 7) is 2.27. The van der Waals surface area contributed by atoms with E-state index >= 15 is 0 Å². The molecule has 204 valence electrons. The highest BCUT2D eigenvalue weighted by Gasteiger charge is 2.58. The van der Waals surface area contributed by atoms with Crippen LogP contribution in [0, 0.1) is 17.3 Å². The van der Waals surface area contributed by atoms with Crippen molar-refractivity contribution in [3.8, 4) is 17.2 Å². The molecule has 3 aromatic carbocycles. The van der Waals surface area contributed by atoms with Crippen molar-refractivity contribution in [2.45, 2.75) is 57.1 Å². The van der Waals surface area contributed by atoms with Gasteiger partial charge in [-0.25, -0.2) is 4.79 Å². The summed E-state index contributed by atoms with van der Waals surface area (Å²) < 4.78 is 11.0. The molecule has 0 saturated heterocycles. The lowest BCUT2D eigenvalue weighted by atomic mass is 9.55. The number of hydrogen-bond donors (Lipinski definition) is 2. The summed E-state index contributed by atoms with van der Waals surface area (Å²) in [7, 11) is 3.66. The number of aliphatic hydroxyl groups excluding tert-OH is 1. The first-order valence-corrected chi connectivity index (χ1v) is 14.0. The van der Waals surface area contributed by atoms with Crippen LogP contribution in [0.25, 0.3) is 0 Å². The molecule has 39 heavy (non-hydrogen) atoms. The molecule has 2 fully saturated rings. The van der Waals surface area contributed by atoms with Crippen molar-refractivity contribution in [3.63, 3.8) is 0 Å². The minimum absolute atomic E-state index is 0.0292. The number of carbonyl (C=O) groups excluding carboxylic acids is 1. The van der Waals surface area contributed by atoms with E-state index < -0.39 is 12.1 Å². The van der Waals surface area contributed by atoms with Crippen LogP contribution in [0.2, 0.25) is 0 Å². The Morgan fingerprint density at radius 2 is 1.79 bits per heavy atom. The van der Waals surface area contributed by atoms with Crippen LogP contribution in [0.1, 0.15) is 60.0 Å². The molecule has 3 aromatic rings. The molecule has 0 aromatic heterocycles. The molecule has 6 atom stereocenters. The number of fused-ring (bicyclic) bond motifs is 5. The Bertz CT molecular complexity index is 1370. The zero-order valence-electron chi connectivity index (χ0n) is 22.8. The predicted molar refractivity (Wildman–Crippen MR) is 151 cm³/mol. The molecule has 0 amide bonds. The van der Waals surface area contributed by atoms with Gasteiger partial charge in [-0.3, -0.25) is 0 Å². The van der Waals surface area contributed by atoms with Gasteiger partial charge in [0, 0.05) is 13.1 Å². The van der Waals surface area contributed by atoms with E-state index in [4.69, 9.17) is 9.47 Å². The van der Waals surface area contributed by atoms with Gasteiger partial charge in [0.05, 0.1) is 30.5 Å². The van der Waals surface area contributed by atoms with E-state index in [1.54, 1.807) is 43.5 Å². The minimum Gasteiger partial charge on any atom is -0.506 e. The summed E-state index contributed by atoms with van der Waals surface area (Å²) >= 11 is 0. The molecule has 0 bridgehead atoms. The molecule has 6 heteroatoms. The number of benzene rings is 3. The fraction of sp³-hybridized carbons (Fsp3) is 0.424. The molecular weight excluding hydrogens is 490 g/mol. The Morgan fingerprint density at radius 3 is 2.54 bits per heavy atom. The number of carbonyl (C=O) groups is 1. The Hall–Kier alpha value is -3.51. The monoisotopic (exact) mass is 527 g/mol. The molecule has 0 radical (unpaired) electrons. The van der Waals surface area contributed by atoms with Crippen LogP contribution in [0.4, 0.5) is 5.69 Å². The smallest absolute Gasteiger partial charge is 0.343 e. The average molecular weight is 528 g/mol.